The largest absolute Gasteiger partial charge is 0.493 e. The molecule has 32 heavy (non-hydrogen) atoms. The van der Waals surface area contributed by atoms with Gasteiger partial charge in [0.1, 0.15) is 10.4 Å². The highest BCUT2D eigenvalue weighted by Gasteiger charge is 2.32. The second-order valence-corrected chi connectivity index (χ2v) is 9.19. The molecule has 1 saturated heterocycles. The zero-order chi connectivity index (χ0) is 23.8. The van der Waals surface area contributed by atoms with Crippen LogP contribution in [0.5, 0.6) is 11.5 Å². The second kappa shape index (κ2) is 11.9. The molecule has 1 fully saturated rings. The van der Waals surface area contributed by atoms with E-state index in [2.05, 4.69) is 5.32 Å². The number of hydrogen-bond acceptors (Lipinski definition) is 7. The van der Waals surface area contributed by atoms with Crippen LogP contribution >= 0.6 is 24.0 Å². The molecule has 1 aromatic carbocycles. The van der Waals surface area contributed by atoms with Gasteiger partial charge in [-0.15, -0.1) is 0 Å². The van der Waals surface area contributed by atoms with Gasteiger partial charge in [0.2, 0.25) is 5.91 Å². The molecule has 0 saturated carbocycles. The Morgan fingerprint density at radius 3 is 2.62 bits per heavy atom. The number of carboxylic acid groups (broad SMARTS) is 1. The summed E-state index contributed by atoms with van der Waals surface area (Å²) in [4.78, 5) is 38.2. The Bertz CT molecular complexity index is 916. The van der Waals surface area contributed by atoms with Gasteiger partial charge in [-0.05, 0) is 43.0 Å². The molecular formula is C22H28N2O6S2. The number of carbonyl (C=O) groups is 3. The maximum atomic E-state index is 12.8. The van der Waals surface area contributed by atoms with Gasteiger partial charge in [0, 0.05) is 13.0 Å². The van der Waals surface area contributed by atoms with Gasteiger partial charge >= 0.3 is 5.97 Å². The zero-order valence-electron chi connectivity index (χ0n) is 18.5. The van der Waals surface area contributed by atoms with Crippen LogP contribution in [0.2, 0.25) is 0 Å². The van der Waals surface area contributed by atoms with Gasteiger partial charge in [0.05, 0.1) is 18.6 Å². The van der Waals surface area contributed by atoms with E-state index in [1.54, 1.807) is 25.3 Å². The molecule has 0 unspecified atom stereocenters. The standard InChI is InChI=1S/C22H28N2O6S2/c1-5-30-16-7-6-14(11-17(16)29-4)12-18-20(26)24(22(31)32-18)9-8-19(25)23-15(21(27)28)10-13(2)3/h6-7,11-13,15H,5,8-10H2,1-4H3,(H,23,25)(H,27,28)/b18-12+/t15-/m1/s1. The quantitative estimate of drug-likeness (QED) is 0.367. The van der Waals surface area contributed by atoms with Crippen LogP contribution in [0.15, 0.2) is 23.1 Å². The van der Waals surface area contributed by atoms with E-state index in [4.69, 9.17) is 21.7 Å². The third-order valence-electron chi connectivity index (χ3n) is 4.56. The van der Waals surface area contributed by atoms with Crippen LogP contribution in [0.4, 0.5) is 0 Å². The maximum absolute atomic E-state index is 12.8. The van der Waals surface area contributed by atoms with Gasteiger partial charge in [0.25, 0.3) is 5.91 Å². The molecule has 1 atom stereocenters. The molecule has 2 amide bonds. The van der Waals surface area contributed by atoms with Gasteiger partial charge in [-0.2, -0.15) is 0 Å². The molecule has 174 valence electrons. The first-order valence-corrected chi connectivity index (χ1v) is 11.5. The lowest BCUT2D eigenvalue weighted by molar-refractivity contribution is -0.142. The predicted molar refractivity (Wildman–Crippen MR) is 128 cm³/mol. The molecule has 1 heterocycles. The van der Waals surface area contributed by atoms with E-state index in [1.165, 1.54) is 4.90 Å². The van der Waals surface area contributed by atoms with Crippen molar-refractivity contribution < 1.29 is 29.0 Å². The molecule has 10 heteroatoms. The lowest BCUT2D eigenvalue weighted by atomic mass is 10.0. The fraction of sp³-hybridized carbons (Fsp3) is 0.455. The number of carboxylic acids is 1. The van der Waals surface area contributed by atoms with E-state index >= 15 is 0 Å². The molecule has 0 aliphatic carbocycles. The zero-order valence-corrected chi connectivity index (χ0v) is 20.2. The fourth-order valence-corrected chi connectivity index (χ4v) is 4.37. The molecule has 2 rings (SSSR count). The summed E-state index contributed by atoms with van der Waals surface area (Å²) in [5.41, 5.74) is 0.751. The van der Waals surface area contributed by atoms with E-state index in [-0.39, 0.29) is 24.8 Å². The van der Waals surface area contributed by atoms with Crippen LogP contribution in [0.3, 0.4) is 0 Å². The number of thioether (sulfide) groups is 1. The lowest BCUT2D eigenvalue weighted by Crippen LogP contribution is -2.43. The van der Waals surface area contributed by atoms with Gasteiger partial charge in [-0.3, -0.25) is 14.5 Å². The minimum Gasteiger partial charge on any atom is -0.493 e. The molecule has 0 radical (unpaired) electrons. The van der Waals surface area contributed by atoms with E-state index in [9.17, 15) is 19.5 Å². The highest BCUT2D eigenvalue weighted by molar-refractivity contribution is 8.26. The summed E-state index contributed by atoms with van der Waals surface area (Å²) in [6.45, 7) is 6.23. The molecule has 0 aromatic heterocycles. The number of aliphatic carboxylic acids is 1. The van der Waals surface area contributed by atoms with Crippen molar-refractivity contribution >= 4 is 52.2 Å². The SMILES string of the molecule is CCOc1ccc(/C=C2/SC(=S)N(CCC(=O)N[C@H](CC(C)C)C(=O)O)C2=O)cc1OC. The first kappa shape index (κ1) is 25.7. The van der Waals surface area contributed by atoms with Crippen molar-refractivity contribution in [2.24, 2.45) is 5.92 Å². The van der Waals surface area contributed by atoms with Gasteiger partial charge in [0.15, 0.2) is 11.5 Å². The Labute approximate surface area is 197 Å². The summed E-state index contributed by atoms with van der Waals surface area (Å²) in [5.74, 6) is -0.518. The van der Waals surface area contributed by atoms with Crippen molar-refractivity contribution in [3.05, 3.63) is 28.7 Å². The van der Waals surface area contributed by atoms with E-state index in [1.807, 2.05) is 26.8 Å². The maximum Gasteiger partial charge on any atom is 0.326 e. The summed E-state index contributed by atoms with van der Waals surface area (Å²) in [6, 6.07) is 4.40. The van der Waals surface area contributed by atoms with Crippen LogP contribution in [0.25, 0.3) is 6.08 Å². The summed E-state index contributed by atoms with van der Waals surface area (Å²) >= 11 is 6.46. The van der Waals surface area contributed by atoms with Gasteiger partial charge in [-0.1, -0.05) is 43.9 Å². The summed E-state index contributed by atoms with van der Waals surface area (Å²) < 4.78 is 11.2. The number of hydrogen-bond donors (Lipinski definition) is 2. The highest BCUT2D eigenvalue weighted by atomic mass is 32.2. The Hall–Kier alpha value is -2.59. The number of carbonyl (C=O) groups excluding carboxylic acids is 2. The molecule has 2 N–H and O–H groups in total. The topological polar surface area (TPSA) is 105 Å². The minimum absolute atomic E-state index is 0.0432. The van der Waals surface area contributed by atoms with Crippen molar-refractivity contribution in [2.45, 2.75) is 39.7 Å². The Morgan fingerprint density at radius 2 is 2.03 bits per heavy atom. The minimum atomic E-state index is -1.08. The van der Waals surface area contributed by atoms with Crippen molar-refractivity contribution in [1.82, 2.24) is 10.2 Å². The smallest absolute Gasteiger partial charge is 0.326 e. The predicted octanol–water partition coefficient (Wildman–Crippen LogP) is 3.30. The number of thiocarbonyl (C=S) groups is 1. The Balaban J connectivity index is 2.03. The van der Waals surface area contributed by atoms with Crippen LogP contribution in [0.1, 0.15) is 39.2 Å². The number of ether oxygens (including phenoxy) is 2. The molecule has 8 nitrogen and oxygen atoms in total. The van der Waals surface area contributed by atoms with Crippen molar-refractivity contribution in [3.8, 4) is 11.5 Å². The lowest BCUT2D eigenvalue weighted by Gasteiger charge is -2.18. The fourth-order valence-electron chi connectivity index (χ4n) is 3.07. The molecular weight excluding hydrogens is 452 g/mol. The van der Waals surface area contributed by atoms with Crippen molar-refractivity contribution in [3.63, 3.8) is 0 Å². The van der Waals surface area contributed by atoms with Gasteiger partial charge in [-0.25, -0.2) is 4.79 Å². The van der Waals surface area contributed by atoms with Crippen molar-refractivity contribution in [2.75, 3.05) is 20.3 Å². The number of nitrogens with one attached hydrogen (secondary N) is 1. The summed E-state index contributed by atoms with van der Waals surface area (Å²) in [5, 5.41) is 11.8. The van der Waals surface area contributed by atoms with Crippen LogP contribution in [0, 0.1) is 5.92 Å². The van der Waals surface area contributed by atoms with Crippen LogP contribution in [-0.4, -0.2) is 58.4 Å². The third-order valence-corrected chi connectivity index (χ3v) is 5.94. The average molecular weight is 481 g/mol. The molecule has 0 spiro atoms. The van der Waals surface area contributed by atoms with Crippen LogP contribution in [-0.2, 0) is 14.4 Å². The van der Waals surface area contributed by atoms with Crippen molar-refractivity contribution in [1.29, 1.82) is 0 Å². The number of rotatable bonds is 11. The molecule has 0 bridgehead atoms. The third kappa shape index (κ3) is 6.96. The van der Waals surface area contributed by atoms with E-state index in [0.717, 1.165) is 17.3 Å². The summed E-state index contributed by atoms with van der Waals surface area (Å²) in [7, 11) is 1.54. The Kier molecular flexibility index (Phi) is 9.52. The second-order valence-electron chi connectivity index (χ2n) is 7.51. The van der Waals surface area contributed by atoms with E-state index < -0.39 is 17.9 Å². The normalized spacial score (nSPS) is 15.9. The average Bonchev–Trinajstić information content (AvgIpc) is 2.99. The monoisotopic (exact) mass is 480 g/mol. The van der Waals surface area contributed by atoms with E-state index in [0.29, 0.717) is 33.8 Å². The molecule has 1 aliphatic heterocycles. The number of methoxy groups -OCH3 is 1. The van der Waals surface area contributed by atoms with Crippen LogP contribution < -0.4 is 14.8 Å². The summed E-state index contributed by atoms with van der Waals surface area (Å²) in [6.07, 6.45) is 2.00. The number of benzene rings is 1. The molecule has 1 aromatic rings. The molecule has 1 aliphatic rings. The Morgan fingerprint density at radius 1 is 1.31 bits per heavy atom. The first-order chi connectivity index (χ1) is 15.2. The number of nitrogens with zero attached hydrogens (tertiary/aromatic N) is 1. The first-order valence-electron chi connectivity index (χ1n) is 10.2. The van der Waals surface area contributed by atoms with Gasteiger partial charge < -0.3 is 19.9 Å². The number of amides is 2. The highest BCUT2D eigenvalue weighted by Crippen LogP contribution is 2.34.